The van der Waals surface area contributed by atoms with Gasteiger partial charge in [-0.3, -0.25) is 0 Å². The molecule has 0 aromatic carbocycles. The number of anilines is 1. The van der Waals surface area contributed by atoms with E-state index in [1.165, 1.54) is 36.3 Å². The van der Waals surface area contributed by atoms with Gasteiger partial charge < -0.3 is 15.0 Å². The Morgan fingerprint density at radius 3 is 2.95 bits per heavy atom. The second-order valence-electron chi connectivity index (χ2n) is 5.98. The molecule has 0 saturated carbocycles. The molecule has 5 heteroatoms. The Hall–Kier alpha value is -0.650. The van der Waals surface area contributed by atoms with E-state index in [4.69, 9.17) is 9.72 Å². The fourth-order valence-electron chi connectivity index (χ4n) is 2.81. The summed E-state index contributed by atoms with van der Waals surface area (Å²) in [5.74, 6) is 0. The molecular weight excluding hydrogens is 282 g/mol. The first kappa shape index (κ1) is 16.7. The van der Waals surface area contributed by atoms with Gasteiger partial charge in [-0.05, 0) is 46.1 Å². The summed E-state index contributed by atoms with van der Waals surface area (Å²) in [5, 5.41) is 4.82. The highest BCUT2D eigenvalue weighted by atomic mass is 32.1. The van der Waals surface area contributed by atoms with Gasteiger partial charge in [-0.2, -0.15) is 0 Å². The predicted octanol–water partition coefficient (Wildman–Crippen LogP) is 3.38. The van der Waals surface area contributed by atoms with Gasteiger partial charge in [0.25, 0.3) is 0 Å². The third-order valence-corrected chi connectivity index (χ3v) is 5.16. The van der Waals surface area contributed by atoms with Gasteiger partial charge in [-0.1, -0.05) is 6.92 Å². The van der Waals surface area contributed by atoms with Crippen molar-refractivity contribution in [3.8, 4) is 0 Å². The van der Waals surface area contributed by atoms with Gasteiger partial charge in [-0.25, -0.2) is 4.98 Å². The van der Waals surface area contributed by atoms with Crippen molar-refractivity contribution in [1.82, 2.24) is 10.3 Å². The lowest BCUT2D eigenvalue weighted by molar-refractivity contribution is 0.204. The molecular formula is C16H29N3OS. The topological polar surface area (TPSA) is 37.4 Å². The number of rotatable bonds is 8. The van der Waals surface area contributed by atoms with Crippen LogP contribution in [0.3, 0.4) is 0 Å². The number of hydrogen-bond donors (Lipinski definition) is 1. The average Bonchev–Trinajstić information content (AvgIpc) is 2.89. The molecule has 21 heavy (non-hydrogen) atoms. The van der Waals surface area contributed by atoms with Gasteiger partial charge in [-0.15, -0.1) is 11.3 Å². The Morgan fingerprint density at radius 1 is 1.48 bits per heavy atom. The molecule has 1 aliphatic rings. The first-order valence-electron chi connectivity index (χ1n) is 8.15. The number of ether oxygens (including phenoxy) is 1. The molecule has 120 valence electrons. The number of hydrogen-bond acceptors (Lipinski definition) is 5. The Bertz CT molecular complexity index is 433. The van der Waals surface area contributed by atoms with Crippen LogP contribution in [0.1, 0.15) is 56.6 Å². The van der Waals surface area contributed by atoms with Gasteiger partial charge in [0.05, 0.1) is 18.3 Å². The van der Waals surface area contributed by atoms with Gasteiger partial charge in [0.15, 0.2) is 5.13 Å². The van der Waals surface area contributed by atoms with Crippen LogP contribution in [0.15, 0.2) is 0 Å². The monoisotopic (exact) mass is 311 g/mol. The maximum atomic E-state index is 5.24. The van der Waals surface area contributed by atoms with Crippen molar-refractivity contribution >= 4 is 16.5 Å². The van der Waals surface area contributed by atoms with Crippen molar-refractivity contribution in [3.05, 3.63) is 10.6 Å². The molecule has 0 saturated heterocycles. The molecule has 1 N–H and O–H groups in total. The van der Waals surface area contributed by atoms with Crippen LogP contribution < -0.4 is 10.2 Å². The number of aryl methyl sites for hydroxylation is 1. The normalized spacial score (nSPS) is 18.0. The summed E-state index contributed by atoms with van der Waals surface area (Å²) < 4.78 is 5.24. The highest BCUT2D eigenvalue weighted by Crippen LogP contribution is 2.37. The molecule has 0 bridgehead atoms. The number of methoxy groups -OCH3 is 1. The largest absolute Gasteiger partial charge is 0.383 e. The molecule has 1 aromatic rings. The fraction of sp³-hybridized carbons (Fsp3) is 0.812. The standard InChI is InChI=1S/C16H29N3OS/c1-5-9-17-13-7-6-8-14-15(13)18-16(21-14)19(12(2)3)10-11-20-4/h12-13,17H,5-11H2,1-4H3. The van der Waals surface area contributed by atoms with E-state index < -0.39 is 0 Å². The van der Waals surface area contributed by atoms with Crippen LogP contribution in [0.5, 0.6) is 0 Å². The minimum absolute atomic E-state index is 0.454. The SMILES string of the molecule is CCCNC1CCCc2sc(N(CCOC)C(C)C)nc21. The quantitative estimate of drug-likeness (QED) is 0.798. The first-order chi connectivity index (χ1) is 10.2. The van der Waals surface area contributed by atoms with Crippen molar-refractivity contribution < 1.29 is 4.74 Å². The zero-order valence-electron chi connectivity index (χ0n) is 13.8. The molecule has 1 aromatic heterocycles. The maximum Gasteiger partial charge on any atom is 0.186 e. The Kier molecular flexibility index (Phi) is 6.45. The fourth-order valence-corrected chi connectivity index (χ4v) is 4.13. The highest BCUT2D eigenvalue weighted by Gasteiger charge is 2.26. The summed E-state index contributed by atoms with van der Waals surface area (Å²) in [5.41, 5.74) is 1.30. The third-order valence-electron chi connectivity index (χ3n) is 3.99. The van der Waals surface area contributed by atoms with Crippen molar-refractivity contribution in [1.29, 1.82) is 0 Å². The summed E-state index contributed by atoms with van der Waals surface area (Å²) in [6.07, 6.45) is 4.86. The summed E-state index contributed by atoms with van der Waals surface area (Å²) in [4.78, 5) is 8.83. The van der Waals surface area contributed by atoms with E-state index in [-0.39, 0.29) is 0 Å². The molecule has 1 aliphatic carbocycles. The smallest absolute Gasteiger partial charge is 0.186 e. The summed E-state index contributed by atoms with van der Waals surface area (Å²) in [6.45, 7) is 9.41. The number of nitrogens with one attached hydrogen (secondary N) is 1. The van der Waals surface area contributed by atoms with Crippen LogP contribution >= 0.6 is 11.3 Å². The van der Waals surface area contributed by atoms with Crippen LogP contribution in [0.2, 0.25) is 0 Å². The van der Waals surface area contributed by atoms with Crippen LogP contribution in [-0.4, -0.2) is 37.8 Å². The molecule has 4 nitrogen and oxygen atoms in total. The Labute approximate surface area is 132 Å². The molecule has 0 amide bonds. The predicted molar refractivity (Wildman–Crippen MR) is 90.4 cm³/mol. The van der Waals surface area contributed by atoms with E-state index in [0.717, 1.165) is 24.8 Å². The second-order valence-corrected chi connectivity index (χ2v) is 7.05. The molecule has 0 radical (unpaired) electrons. The lowest BCUT2D eigenvalue weighted by Crippen LogP contribution is -2.33. The molecule has 0 fully saturated rings. The molecule has 1 unspecified atom stereocenters. The average molecular weight is 311 g/mol. The Morgan fingerprint density at radius 2 is 2.29 bits per heavy atom. The van der Waals surface area contributed by atoms with Crippen molar-refractivity contribution in [2.45, 2.75) is 58.5 Å². The number of thiazole rings is 1. The minimum atomic E-state index is 0.454. The van der Waals surface area contributed by atoms with Crippen LogP contribution in [0.4, 0.5) is 5.13 Å². The number of aromatic nitrogens is 1. The molecule has 0 spiro atoms. The van der Waals surface area contributed by atoms with E-state index in [2.05, 4.69) is 31.0 Å². The van der Waals surface area contributed by atoms with Gasteiger partial charge >= 0.3 is 0 Å². The highest BCUT2D eigenvalue weighted by molar-refractivity contribution is 7.15. The number of fused-ring (bicyclic) bond motifs is 1. The summed E-state index contributed by atoms with van der Waals surface area (Å²) >= 11 is 1.88. The van der Waals surface area contributed by atoms with Gasteiger partial charge in [0, 0.05) is 24.6 Å². The molecule has 0 aliphatic heterocycles. The molecule has 1 heterocycles. The van der Waals surface area contributed by atoms with Crippen molar-refractivity contribution in [3.63, 3.8) is 0 Å². The van der Waals surface area contributed by atoms with Crippen LogP contribution in [0, 0.1) is 0 Å². The van der Waals surface area contributed by atoms with E-state index >= 15 is 0 Å². The lowest BCUT2D eigenvalue weighted by atomic mass is 9.97. The maximum absolute atomic E-state index is 5.24. The van der Waals surface area contributed by atoms with Crippen molar-refractivity contribution in [2.24, 2.45) is 0 Å². The zero-order chi connectivity index (χ0) is 15.2. The van der Waals surface area contributed by atoms with Gasteiger partial charge in [0.1, 0.15) is 0 Å². The van der Waals surface area contributed by atoms with E-state index in [9.17, 15) is 0 Å². The van der Waals surface area contributed by atoms with E-state index in [1.807, 2.05) is 11.3 Å². The van der Waals surface area contributed by atoms with E-state index in [1.54, 1.807) is 7.11 Å². The second kappa shape index (κ2) is 8.11. The van der Waals surface area contributed by atoms with Crippen molar-refractivity contribution in [2.75, 3.05) is 31.7 Å². The minimum Gasteiger partial charge on any atom is -0.383 e. The van der Waals surface area contributed by atoms with Crippen LogP contribution in [-0.2, 0) is 11.2 Å². The first-order valence-corrected chi connectivity index (χ1v) is 8.97. The third kappa shape index (κ3) is 4.18. The molecule has 2 rings (SSSR count). The lowest BCUT2D eigenvalue weighted by Gasteiger charge is -2.25. The Balaban J connectivity index is 2.16. The summed E-state index contributed by atoms with van der Waals surface area (Å²) in [6, 6.07) is 0.907. The summed E-state index contributed by atoms with van der Waals surface area (Å²) in [7, 11) is 1.76. The van der Waals surface area contributed by atoms with E-state index in [0.29, 0.717) is 12.1 Å². The zero-order valence-corrected chi connectivity index (χ0v) is 14.6. The molecule has 1 atom stereocenters. The van der Waals surface area contributed by atoms with Crippen LogP contribution in [0.25, 0.3) is 0 Å². The number of nitrogens with zero attached hydrogens (tertiary/aromatic N) is 2. The van der Waals surface area contributed by atoms with Gasteiger partial charge in [0.2, 0.25) is 0 Å².